The van der Waals surface area contributed by atoms with E-state index < -0.39 is 10.0 Å². The molecule has 0 saturated heterocycles. The lowest BCUT2D eigenvalue weighted by Gasteiger charge is -2.25. The van der Waals surface area contributed by atoms with Crippen LogP contribution in [0.2, 0.25) is 0 Å². The van der Waals surface area contributed by atoms with E-state index in [4.69, 9.17) is 0 Å². The molecular weight excluding hydrogens is 272 g/mol. The minimum atomic E-state index is -3.40. The van der Waals surface area contributed by atoms with Gasteiger partial charge in [0.15, 0.2) is 0 Å². The van der Waals surface area contributed by atoms with Crippen LogP contribution >= 0.6 is 0 Å². The highest BCUT2D eigenvalue weighted by atomic mass is 32.2. The highest BCUT2D eigenvalue weighted by molar-refractivity contribution is 7.89. The summed E-state index contributed by atoms with van der Waals surface area (Å²) in [6.45, 7) is 3.10. The summed E-state index contributed by atoms with van der Waals surface area (Å²) in [6.07, 6.45) is 4.97. The van der Waals surface area contributed by atoms with Gasteiger partial charge < -0.3 is 5.32 Å². The van der Waals surface area contributed by atoms with Crippen LogP contribution in [0.15, 0.2) is 29.2 Å². The minimum absolute atomic E-state index is 0.287. The van der Waals surface area contributed by atoms with E-state index in [0.717, 1.165) is 6.54 Å². The molecule has 5 heteroatoms. The Balaban J connectivity index is 2.21. The number of para-hydroxylation sites is 1. The molecule has 0 atom stereocenters. The molecule has 0 unspecified atom stereocenters. The van der Waals surface area contributed by atoms with Crippen LogP contribution in [0.5, 0.6) is 0 Å². The Kier molecular flexibility index (Phi) is 4.39. The van der Waals surface area contributed by atoms with Crippen molar-refractivity contribution in [1.29, 1.82) is 0 Å². The number of benzene rings is 1. The number of hydrogen-bond acceptors (Lipinski definition) is 3. The Hall–Kier alpha value is -1.07. The van der Waals surface area contributed by atoms with E-state index in [1.165, 1.54) is 30.0 Å². The second-order valence-electron chi connectivity index (χ2n) is 6.15. The van der Waals surface area contributed by atoms with Crippen molar-refractivity contribution in [3.8, 4) is 0 Å². The molecular formula is C15H24N2O2S. The lowest BCUT2D eigenvalue weighted by molar-refractivity contribution is 0.361. The van der Waals surface area contributed by atoms with E-state index in [0.29, 0.717) is 10.6 Å². The van der Waals surface area contributed by atoms with Crippen molar-refractivity contribution in [2.45, 2.75) is 37.5 Å². The predicted molar refractivity (Wildman–Crippen MR) is 82.4 cm³/mol. The van der Waals surface area contributed by atoms with Crippen molar-refractivity contribution in [1.82, 2.24) is 4.31 Å². The molecule has 1 aromatic rings. The summed E-state index contributed by atoms with van der Waals surface area (Å²) in [7, 11) is -0.282. The number of nitrogens with one attached hydrogen (secondary N) is 1. The van der Waals surface area contributed by atoms with E-state index in [9.17, 15) is 8.42 Å². The van der Waals surface area contributed by atoms with Crippen LogP contribution in [-0.4, -0.2) is 33.4 Å². The minimum Gasteiger partial charge on any atom is -0.383 e. The number of anilines is 1. The third-order valence-electron chi connectivity index (χ3n) is 4.16. The Morgan fingerprint density at radius 2 is 1.80 bits per heavy atom. The van der Waals surface area contributed by atoms with E-state index in [1.54, 1.807) is 26.2 Å². The van der Waals surface area contributed by atoms with Gasteiger partial charge in [0.05, 0.1) is 5.69 Å². The van der Waals surface area contributed by atoms with Gasteiger partial charge in [-0.15, -0.1) is 0 Å². The second-order valence-corrected chi connectivity index (χ2v) is 8.28. The Bertz CT molecular complexity index is 561. The molecule has 2 rings (SSSR count). The Morgan fingerprint density at radius 3 is 2.40 bits per heavy atom. The van der Waals surface area contributed by atoms with Crippen molar-refractivity contribution in [2.24, 2.45) is 5.41 Å². The molecule has 112 valence electrons. The zero-order valence-electron chi connectivity index (χ0n) is 12.5. The molecule has 4 nitrogen and oxygen atoms in total. The van der Waals surface area contributed by atoms with Gasteiger partial charge in [0.25, 0.3) is 0 Å². The zero-order chi connectivity index (χ0) is 14.8. The van der Waals surface area contributed by atoms with Gasteiger partial charge in [0.2, 0.25) is 10.0 Å². The van der Waals surface area contributed by atoms with Gasteiger partial charge >= 0.3 is 0 Å². The number of hydrogen-bond donors (Lipinski definition) is 1. The van der Waals surface area contributed by atoms with E-state index in [2.05, 4.69) is 12.2 Å². The topological polar surface area (TPSA) is 49.4 Å². The van der Waals surface area contributed by atoms with Gasteiger partial charge in [0.1, 0.15) is 4.90 Å². The summed E-state index contributed by atoms with van der Waals surface area (Å²) >= 11 is 0. The number of sulfonamides is 1. The second kappa shape index (κ2) is 5.74. The van der Waals surface area contributed by atoms with E-state index in [-0.39, 0.29) is 5.41 Å². The van der Waals surface area contributed by atoms with Crippen molar-refractivity contribution < 1.29 is 8.42 Å². The number of rotatable bonds is 5. The summed E-state index contributed by atoms with van der Waals surface area (Å²) in [4.78, 5) is 0.353. The van der Waals surface area contributed by atoms with Gasteiger partial charge in [0, 0.05) is 20.6 Å². The van der Waals surface area contributed by atoms with Gasteiger partial charge in [-0.25, -0.2) is 12.7 Å². The van der Waals surface area contributed by atoms with Crippen LogP contribution in [0.25, 0.3) is 0 Å². The molecule has 0 amide bonds. The zero-order valence-corrected chi connectivity index (χ0v) is 13.3. The molecule has 0 bridgehead atoms. The van der Waals surface area contributed by atoms with Crippen molar-refractivity contribution in [3.05, 3.63) is 24.3 Å². The standard InChI is InChI=1S/C15H24N2O2S/c1-15(10-6-7-11-15)12-16-13-8-4-5-9-14(13)20(18,19)17(2)3/h4-5,8-9,16H,6-7,10-12H2,1-3H3. The van der Waals surface area contributed by atoms with E-state index >= 15 is 0 Å². The van der Waals surface area contributed by atoms with Gasteiger partial charge in [-0.05, 0) is 30.4 Å². The molecule has 1 N–H and O–H groups in total. The maximum absolute atomic E-state index is 12.3. The third kappa shape index (κ3) is 3.15. The summed E-state index contributed by atoms with van der Waals surface area (Å²) in [5, 5.41) is 3.35. The van der Waals surface area contributed by atoms with Gasteiger partial charge in [-0.1, -0.05) is 31.9 Å². The molecule has 1 aromatic carbocycles. The SMILES string of the molecule is CN(C)S(=O)(=O)c1ccccc1NCC1(C)CCCC1. The largest absolute Gasteiger partial charge is 0.383 e. The maximum atomic E-state index is 12.3. The van der Waals surface area contributed by atoms with Crippen LogP contribution in [-0.2, 0) is 10.0 Å². The average Bonchev–Trinajstić information content (AvgIpc) is 2.84. The maximum Gasteiger partial charge on any atom is 0.244 e. The molecule has 0 aliphatic heterocycles. The number of nitrogens with zero attached hydrogens (tertiary/aromatic N) is 1. The fraction of sp³-hybridized carbons (Fsp3) is 0.600. The molecule has 1 aliphatic rings. The van der Waals surface area contributed by atoms with Gasteiger partial charge in [-0.2, -0.15) is 0 Å². The first-order valence-corrected chi connectivity index (χ1v) is 8.55. The van der Waals surface area contributed by atoms with Crippen molar-refractivity contribution in [3.63, 3.8) is 0 Å². The third-order valence-corrected chi connectivity index (χ3v) is 6.04. The first-order valence-electron chi connectivity index (χ1n) is 7.11. The monoisotopic (exact) mass is 296 g/mol. The van der Waals surface area contributed by atoms with Crippen LogP contribution in [0, 0.1) is 5.41 Å². The van der Waals surface area contributed by atoms with Crippen LogP contribution in [0.1, 0.15) is 32.6 Å². The first kappa shape index (κ1) is 15.3. The lowest BCUT2D eigenvalue weighted by Crippen LogP contribution is -2.26. The van der Waals surface area contributed by atoms with Crippen LogP contribution < -0.4 is 5.32 Å². The fourth-order valence-electron chi connectivity index (χ4n) is 2.75. The quantitative estimate of drug-likeness (QED) is 0.909. The average molecular weight is 296 g/mol. The summed E-state index contributed by atoms with van der Waals surface area (Å²) in [6, 6.07) is 7.14. The normalized spacial score (nSPS) is 18.4. The molecule has 0 radical (unpaired) electrons. The van der Waals surface area contributed by atoms with Crippen molar-refractivity contribution >= 4 is 15.7 Å². The smallest absolute Gasteiger partial charge is 0.244 e. The van der Waals surface area contributed by atoms with Gasteiger partial charge in [-0.3, -0.25) is 0 Å². The molecule has 20 heavy (non-hydrogen) atoms. The molecule has 0 spiro atoms. The Labute approximate surface area is 122 Å². The highest BCUT2D eigenvalue weighted by Crippen LogP contribution is 2.38. The molecule has 1 saturated carbocycles. The molecule has 0 heterocycles. The summed E-state index contributed by atoms with van der Waals surface area (Å²) in [5.74, 6) is 0. The first-order chi connectivity index (χ1) is 9.35. The summed E-state index contributed by atoms with van der Waals surface area (Å²) in [5.41, 5.74) is 0.990. The van der Waals surface area contributed by atoms with E-state index in [1.807, 2.05) is 12.1 Å². The predicted octanol–water partition coefficient (Wildman–Crippen LogP) is 2.93. The fourth-order valence-corrected chi connectivity index (χ4v) is 3.81. The molecule has 0 aromatic heterocycles. The van der Waals surface area contributed by atoms with Crippen LogP contribution in [0.4, 0.5) is 5.69 Å². The van der Waals surface area contributed by atoms with Crippen molar-refractivity contribution in [2.75, 3.05) is 26.0 Å². The molecule has 1 fully saturated rings. The summed E-state index contributed by atoms with van der Waals surface area (Å²) < 4.78 is 25.9. The van der Waals surface area contributed by atoms with Crippen LogP contribution in [0.3, 0.4) is 0 Å². The Morgan fingerprint density at radius 1 is 1.20 bits per heavy atom. The molecule has 1 aliphatic carbocycles. The highest BCUT2D eigenvalue weighted by Gasteiger charge is 2.29. The lowest BCUT2D eigenvalue weighted by atomic mass is 9.89.